The molecule has 1 unspecified atom stereocenters. The first-order chi connectivity index (χ1) is 11.3. The zero-order valence-electron chi connectivity index (χ0n) is 12.6. The molecule has 2 nitrogen and oxygen atoms in total. The van der Waals surface area contributed by atoms with Gasteiger partial charge in [0.15, 0.2) is 0 Å². The SMILES string of the molecule is N#CC(CCOc1cccc2ccccc12)c1ccc(F)cc1. The number of ether oxygens (including phenoxy) is 1. The fourth-order valence-electron chi connectivity index (χ4n) is 2.61. The first kappa shape index (κ1) is 15.1. The van der Waals surface area contributed by atoms with Crippen molar-refractivity contribution in [2.24, 2.45) is 0 Å². The van der Waals surface area contributed by atoms with Crippen LogP contribution in [0.1, 0.15) is 17.9 Å². The van der Waals surface area contributed by atoms with Gasteiger partial charge in [-0.15, -0.1) is 0 Å². The van der Waals surface area contributed by atoms with Crippen LogP contribution in [0.3, 0.4) is 0 Å². The molecule has 0 saturated carbocycles. The fourth-order valence-corrected chi connectivity index (χ4v) is 2.61. The molecule has 23 heavy (non-hydrogen) atoms. The van der Waals surface area contributed by atoms with E-state index in [1.165, 1.54) is 12.1 Å². The summed E-state index contributed by atoms with van der Waals surface area (Å²) in [6.07, 6.45) is 0.561. The van der Waals surface area contributed by atoms with Crippen molar-refractivity contribution in [2.75, 3.05) is 6.61 Å². The highest BCUT2D eigenvalue weighted by atomic mass is 19.1. The van der Waals surface area contributed by atoms with Gasteiger partial charge >= 0.3 is 0 Å². The molecule has 0 aromatic heterocycles. The summed E-state index contributed by atoms with van der Waals surface area (Å²) in [5.74, 6) is 0.224. The van der Waals surface area contributed by atoms with Crippen molar-refractivity contribution < 1.29 is 9.13 Å². The number of rotatable bonds is 5. The molecule has 0 amide bonds. The third-order valence-corrected chi connectivity index (χ3v) is 3.84. The van der Waals surface area contributed by atoms with Crippen molar-refractivity contribution in [3.63, 3.8) is 0 Å². The maximum Gasteiger partial charge on any atom is 0.127 e. The first-order valence-electron chi connectivity index (χ1n) is 7.53. The molecule has 0 heterocycles. The summed E-state index contributed by atoms with van der Waals surface area (Å²) < 4.78 is 18.8. The van der Waals surface area contributed by atoms with Gasteiger partial charge in [0.25, 0.3) is 0 Å². The van der Waals surface area contributed by atoms with Gasteiger partial charge in [0.05, 0.1) is 18.6 Å². The topological polar surface area (TPSA) is 33.0 Å². The molecule has 0 saturated heterocycles. The third kappa shape index (κ3) is 3.49. The van der Waals surface area contributed by atoms with E-state index in [0.29, 0.717) is 13.0 Å². The number of nitriles is 1. The van der Waals surface area contributed by atoms with Gasteiger partial charge in [-0.05, 0) is 29.1 Å². The minimum atomic E-state index is -0.300. The Morgan fingerprint density at radius 3 is 2.48 bits per heavy atom. The zero-order chi connectivity index (χ0) is 16.1. The van der Waals surface area contributed by atoms with Gasteiger partial charge < -0.3 is 4.74 Å². The maximum absolute atomic E-state index is 13.0. The highest BCUT2D eigenvalue weighted by molar-refractivity contribution is 5.88. The van der Waals surface area contributed by atoms with Crippen molar-refractivity contribution in [2.45, 2.75) is 12.3 Å². The smallest absolute Gasteiger partial charge is 0.127 e. The fraction of sp³-hybridized carbons (Fsp3) is 0.150. The van der Waals surface area contributed by atoms with E-state index < -0.39 is 0 Å². The Morgan fingerprint density at radius 1 is 0.957 bits per heavy atom. The molecule has 0 radical (unpaired) electrons. The molecule has 1 atom stereocenters. The summed E-state index contributed by atoms with van der Waals surface area (Å²) in [5.41, 5.74) is 0.815. The molecule has 0 aliphatic rings. The second-order valence-electron chi connectivity index (χ2n) is 5.35. The zero-order valence-corrected chi connectivity index (χ0v) is 12.6. The molecule has 3 heteroatoms. The number of benzene rings is 3. The van der Waals surface area contributed by atoms with Crippen molar-refractivity contribution in [1.29, 1.82) is 5.26 Å². The van der Waals surface area contributed by atoms with Gasteiger partial charge in [-0.3, -0.25) is 0 Å². The van der Waals surface area contributed by atoms with E-state index in [9.17, 15) is 9.65 Å². The van der Waals surface area contributed by atoms with E-state index in [0.717, 1.165) is 22.1 Å². The van der Waals surface area contributed by atoms with Crippen molar-refractivity contribution in [1.82, 2.24) is 0 Å². The minimum Gasteiger partial charge on any atom is -0.493 e. The molecule has 0 fully saturated rings. The molecule has 0 aliphatic heterocycles. The van der Waals surface area contributed by atoms with Crippen LogP contribution in [0.15, 0.2) is 66.7 Å². The highest BCUT2D eigenvalue weighted by Crippen LogP contribution is 2.26. The van der Waals surface area contributed by atoms with Crippen molar-refractivity contribution in [3.8, 4) is 11.8 Å². The second-order valence-corrected chi connectivity index (χ2v) is 5.35. The Labute approximate surface area is 134 Å². The number of nitrogens with zero attached hydrogens (tertiary/aromatic N) is 1. The predicted octanol–water partition coefficient (Wildman–Crippen LogP) is 5.06. The lowest BCUT2D eigenvalue weighted by atomic mass is 9.98. The van der Waals surface area contributed by atoms with Gasteiger partial charge in [-0.25, -0.2) is 4.39 Å². The van der Waals surface area contributed by atoms with Crippen LogP contribution in [0.5, 0.6) is 5.75 Å². The average Bonchev–Trinajstić information content (AvgIpc) is 2.60. The Kier molecular flexibility index (Phi) is 4.54. The third-order valence-electron chi connectivity index (χ3n) is 3.84. The number of hydrogen-bond acceptors (Lipinski definition) is 2. The molecule has 3 aromatic rings. The standard InChI is InChI=1S/C20H16FNO/c21-18-10-8-15(9-11-18)17(14-22)12-13-23-20-7-3-5-16-4-1-2-6-19(16)20/h1-11,17H,12-13H2. The summed E-state index contributed by atoms with van der Waals surface area (Å²) in [4.78, 5) is 0. The molecule has 3 aromatic carbocycles. The van der Waals surface area contributed by atoms with Crippen LogP contribution in [-0.2, 0) is 0 Å². The Bertz CT molecular complexity index is 831. The van der Waals surface area contributed by atoms with Crippen LogP contribution in [0, 0.1) is 17.1 Å². The summed E-state index contributed by atoms with van der Waals surface area (Å²) in [7, 11) is 0. The van der Waals surface area contributed by atoms with Gasteiger partial charge in [-0.1, -0.05) is 48.5 Å². The first-order valence-corrected chi connectivity index (χ1v) is 7.53. The molecule has 114 valence electrons. The lowest BCUT2D eigenvalue weighted by Gasteiger charge is -2.12. The second kappa shape index (κ2) is 6.93. The summed E-state index contributed by atoms with van der Waals surface area (Å²) in [6, 6.07) is 22.3. The molecule has 0 spiro atoms. The summed E-state index contributed by atoms with van der Waals surface area (Å²) in [5, 5.41) is 11.5. The van der Waals surface area contributed by atoms with Crippen LogP contribution in [0.4, 0.5) is 4.39 Å². The summed E-state index contributed by atoms with van der Waals surface area (Å²) in [6.45, 7) is 0.434. The Hall–Kier alpha value is -2.86. The lowest BCUT2D eigenvalue weighted by Crippen LogP contribution is -2.05. The highest BCUT2D eigenvalue weighted by Gasteiger charge is 2.11. The van der Waals surface area contributed by atoms with E-state index in [2.05, 4.69) is 6.07 Å². The van der Waals surface area contributed by atoms with Crippen molar-refractivity contribution in [3.05, 3.63) is 78.1 Å². The van der Waals surface area contributed by atoms with Crippen LogP contribution in [0.25, 0.3) is 10.8 Å². The molecular weight excluding hydrogens is 289 g/mol. The van der Waals surface area contributed by atoms with Gasteiger partial charge in [-0.2, -0.15) is 5.26 Å². The maximum atomic E-state index is 13.0. The molecule has 3 rings (SSSR count). The predicted molar refractivity (Wildman–Crippen MR) is 88.8 cm³/mol. The van der Waals surface area contributed by atoms with Crippen LogP contribution in [-0.4, -0.2) is 6.61 Å². The monoisotopic (exact) mass is 305 g/mol. The number of halogens is 1. The van der Waals surface area contributed by atoms with Gasteiger partial charge in [0.1, 0.15) is 11.6 Å². The largest absolute Gasteiger partial charge is 0.493 e. The van der Waals surface area contributed by atoms with Crippen LogP contribution in [0.2, 0.25) is 0 Å². The Morgan fingerprint density at radius 2 is 1.70 bits per heavy atom. The minimum absolute atomic E-state index is 0.294. The quantitative estimate of drug-likeness (QED) is 0.660. The van der Waals surface area contributed by atoms with E-state index >= 15 is 0 Å². The van der Waals surface area contributed by atoms with E-state index in [1.807, 2.05) is 42.5 Å². The lowest BCUT2D eigenvalue weighted by molar-refractivity contribution is 0.309. The van der Waals surface area contributed by atoms with E-state index in [1.54, 1.807) is 12.1 Å². The molecular formula is C20H16FNO. The number of hydrogen-bond donors (Lipinski definition) is 0. The van der Waals surface area contributed by atoms with E-state index in [-0.39, 0.29) is 11.7 Å². The normalized spacial score (nSPS) is 11.8. The summed E-state index contributed by atoms with van der Waals surface area (Å²) >= 11 is 0. The molecule has 0 aliphatic carbocycles. The van der Waals surface area contributed by atoms with Crippen LogP contribution < -0.4 is 4.74 Å². The average molecular weight is 305 g/mol. The van der Waals surface area contributed by atoms with Crippen LogP contribution >= 0.6 is 0 Å². The van der Waals surface area contributed by atoms with Gasteiger partial charge in [0.2, 0.25) is 0 Å². The van der Waals surface area contributed by atoms with E-state index in [4.69, 9.17) is 4.74 Å². The molecule has 0 bridgehead atoms. The molecule has 0 N–H and O–H groups in total. The number of fused-ring (bicyclic) bond motifs is 1. The van der Waals surface area contributed by atoms with Crippen molar-refractivity contribution >= 4 is 10.8 Å². The van der Waals surface area contributed by atoms with Gasteiger partial charge in [0, 0.05) is 11.8 Å². The Balaban J connectivity index is 1.68.